The van der Waals surface area contributed by atoms with E-state index in [1.54, 1.807) is 44.9 Å². The van der Waals surface area contributed by atoms with Crippen LogP contribution in [0.15, 0.2) is 0 Å². The van der Waals surface area contributed by atoms with Crippen LogP contribution in [0.2, 0.25) is 0 Å². The van der Waals surface area contributed by atoms with Crippen molar-refractivity contribution < 1.29 is 0 Å². The van der Waals surface area contributed by atoms with Gasteiger partial charge in [-0.15, -0.1) is 0 Å². The van der Waals surface area contributed by atoms with Crippen molar-refractivity contribution in [2.45, 2.75) is 44.9 Å². The van der Waals surface area contributed by atoms with E-state index in [4.69, 9.17) is 0 Å². The van der Waals surface area contributed by atoms with Crippen LogP contribution in [0.4, 0.5) is 0 Å². The monoisotopic (exact) mass is 176 g/mol. The minimum Gasteiger partial charge on any atom is -0.0527 e. The smallest absolute Gasteiger partial charge is 0.0349 e. The third kappa shape index (κ3) is 0.831. The second-order valence-corrected chi connectivity index (χ2v) is 6.25. The Bertz CT molecular complexity index is 212. The van der Waals surface area contributed by atoms with Gasteiger partial charge in [0.25, 0.3) is 0 Å². The standard InChI is InChI=1S/C13H20/c1-2-11-9-4-8-5-10(7-9)12(3-1)13(11)6-8/h8-13H,1-7H2. The predicted molar refractivity (Wildman–Crippen MR) is 53.3 cm³/mol. The van der Waals surface area contributed by atoms with Crippen LogP contribution in [-0.4, -0.2) is 0 Å². The predicted octanol–water partition coefficient (Wildman–Crippen LogP) is 3.47. The summed E-state index contributed by atoms with van der Waals surface area (Å²) < 4.78 is 0. The molecule has 0 aromatic carbocycles. The molecule has 6 bridgehead atoms. The molecule has 0 saturated heterocycles. The summed E-state index contributed by atoms with van der Waals surface area (Å²) >= 11 is 0. The van der Waals surface area contributed by atoms with Gasteiger partial charge in [0.2, 0.25) is 0 Å². The Balaban J connectivity index is 1.76. The van der Waals surface area contributed by atoms with E-state index >= 15 is 0 Å². The largest absolute Gasteiger partial charge is 0.0527 e. The maximum absolute atomic E-state index is 1.64. The molecule has 0 aromatic heterocycles. The van der Waals surface area contributed by atoms with E-state index in [0.717, 1.165) is 0 Å². The third-order valence-corrected chi connectivity index (χ3v) is 5.87. The highest BCUT2D eigenvalue weighted by atomic mass is 14.6. The van der Waals surface area contributed by atoms with Gasteiger partial charge in [0.1, 0.15) is 0 Å². The molecule has 5 aliphatic carbocycles. The molecule has 5 aliphatic rings. The molecule has 0 radical (unpaired) electrons. The molecule has 72 valence electrons. The zero-order chi connectivity index (χ0) is 8.41. The third-order valence-electron chi connectivity index (χ3n) is 5.87. The average Bonchev–Trinajstić information content (AvgIpc) is 2.15. The molecule has 0 heteroatoms. The van der Waals surface area contributed by atoms with Gasteiger partial charge in [-0.3, -0.25) is 0 Å². The minimum atomic E-state index is 1.18. The zero-order valence-corrected chi connectivity index (χ0v) is 8.41. The Kier molecular flexibility index (Phi) is 1.31. The van der Waals surface area contributed by atoms with Gasteiger partial charge in [-0.1, -0.05) is 6.42 Å². The van der Waals surface area contributed by atoms with Crippen molar-refractivity contribution in [3.8, 4) is 0 Å². The van der Waals surface area contributed by atoms with Crippen molar-refractivity contribution in [3.63, 3.8) is 0 Å². The van der Waals surface area contributed by atoms with Crippen LogP contribution >= 0.6 is 0 Å². The van der Waals surface area contributed by atoms with Gasteiger partial charge < -0.3 is 0 Å². The first-order chi connectivity index (χ1) is 6.42. The molecule has 0 amide bonds. The molecular weight excluding hydrogens is 156 g/mol. The molecular formula is C13H20. The molecule has 13 heavy (non-hydrogen) atoms. The molecule has 0 aromatic rings. The summed E-state index contributed by atoms with van der Waals surface area (Å²) in [5, 5.41) is 0. The fourth-order valence-corrected chi connectivity index (χ4v) is 5.67. The first-order valence-corrected chi connectivity index (χ1v) is 6.42. The summed E-state index contributed by atoms with van der Waals surface area (Å²) in [5.74, 6) is 7.18. The summed E-state index contributed by atoms with van der Waals surface area (Å²) in [6.07, 6.45) is 11.3. The summed E-state index contributed by atoms with van der Waals surface area (Å²) in [4.78, 5) is 0. The lowest BCUT2D eigenvalue weighted by molar-refractivity contribution is -0.110. The van der Waals surface area contributed by atoms with Gasteiger partial charge in [0.05, 0.1) is 0 Å². The molecule has 5 saturated carbocycles. The van der Waals surface area contributed by atoms with E-state index in [0.29, 0.717) is 0 Å². The first-order valence-electron chi connectivity index (χ1n) is 6.42. The molecule has 0 nitrogen and oxygen atoms in total. The molecule has 4 unspecified atom stereocenters. The van der Waals surface area contributed by atoms with E-state index in [9.17, 15) is 0 Å². The highest BCUT2D eigenvalue weighted by Crippen LogP contribution is 2.63. The number of hydrogen-bond donors (Lipinski definition) is 0. The fourth-order valence-electron chi connectivity index (χ4n) is 5.67. The highest BCUT2D eigenvalue weighted by molar-refractivity contribution is 5.03. The summed E-state index contributed by atoms with van der Waals surface area (Å²) in [6.45, 7) is 0. The number of rotatable bonds is 0. The topological polar surface area (TPSA) is 0 Å². The van der Waals surface area contributed by atoms with E-state index in [2.05, 4.69) is 0 Å². The molecule has 0 heterocycles. The van der Waals surface area contributed by atoms with Gasteiger partial charge in [0.15, 0.2) is 0 Å². The highest BCUT2D eigenvalue weighted by Gasteiger charge is 2.54. The van der Waals surface area contributed by atoms with Crippen LogP contribution in [0.25, 0.3) is 0 Å². The molecule has 4 atom stereocenters. The van der Waals surface area contributed by atoms with Gasteiger partial charge in [-0.05, 0) is 74.0 Å². The van der Waals surface area contributed by atoms with E-state index in [1.807, 2.05) is 0 Å². The Morgan fingerprint density at radius 1 is 0.615 bits per heavy atom. The van der Waals surface area contributed by atoms with Crippen molar-refractivity contribution in [2.24, 2.45) is 35.5 Å². The van der Waals surface area contributed by atoms with Gasteiger partial charge in [0, 0.05) is 0 Å². The zero-order valence-electron chi connectivity index (χ0n) is 8.41. The SMILES string of the molecule is C1CC2C3CC4CC(C3)C(C1)C2C4. The van der Waals surface area contributed by atoms with Crippen LogP contribution in [-0.2, 0) is 0 Å². The van der Waals surface area contributed by atoms with Gasteiger partial charge >= 0.3 is 0 Å². The van der Waals surface area contributed by atoms with Crippen molar-refractivity contribution in [3.05, 3.63) is 0 Å². The maximum Gasteiger partial charge on any atom is -0.0349 e. The van der Waals surface area contributed by atoms with Crippen LogP contribution in [0.5, 0.6) is 0 Å². The second-order valence-electron chi connectivity index (χ2n) is 6.25. The van der Waals surface area contributed by atoms with E-state index in [-0.39, 0.29) is 0 Å². The normalized spacial score (nSPS) is 62.8. The number of hydrogen-bond acceptors (Lipinski definition) is 0. The fraction of sp³-hybridized carbons (Fsp3) is 1.00. The van der Waals surface area contributed by atoms with Crippen molar-refractivity contribution in [1.29, 1.82) is 0 Å². The van der Waals surface area contributed by atoms with Crippen LogP contribution in [0.1, 0.15) is 44.9 Å². The molecule has 0 spiro atoms. The average molecular weight is 176 g/mol. The lowest BCUT2D eigenvalue weighted by atomic mass is 9.44. The molecule has 5 rings (SSSR count). The van der Waals surface area contributed by atoms with Crippen LogP contribution in [0, 0.1) is 35.5 Å². The first kappa shape index (κ1) is 7.31. The Hall–Kier alpha value is 0. The molecule has 0 N–H and O–H groups in total. The second kappa shape index (κ2) is 2.32. The lowest BCUT2D eigenvalue weighted by Crippen LogP contribution is -2.52. The quantitative estimate of drug-likeness (QED) is 0.530. The molecule has 5 fully saturated rings. The van der Waals surface area contributed by atoms with Crippen molar-refractivity contribution in [2.75, 3.05) is 0 Å². The van der Waals surface area contributed by atoms with E-state index in [1.165, 1.54) is 35.5 Å². The van der Waals surface area contributed by atoms with Gasteiger partial charge in [-0.25, -0.2) is 0 Å². The summed E-state index contributed by atoms with van der Waals surface area (Å²) in [5.41, 5.74) is 0. The maximum atomic E-state index is 1.64. The van der Waals surface area contributed by atoms with Crippen molar-refractivity contribution in [1.82, 2.24) is 0 Å². The van der Waals surface area contributed by atoms with Crippen LogP contribution in [0.3, 0.4) is 0 Å². The Morgan fingerprint density at radius 3 is 2.00 bits per heavy atom. The Morgan fingerprint density at radius 2 is 1.31 bits per heavy atom. The minimum absolute atomic E-state index is 1.18. The van der Waals surface area contributed by atoms with Crippen molar-refractivity contribution >= 4 is 0 Å². The van der Waals surface area contributed by atoms with E-state index < -0.39 is 0 Å². The summed E-state index contributed by atoms with van der Waals surface area (Å²) in [6, 6.07) is 0. The Labute approximate surface area is 81.1 Å². The van der Waals surface area contributed by atoms with Crippen LogP contribution < -0.4 is 0 Å². The summed E-state index contributed by atoms with van der Waals surface area (Å²) in [7, 11) is 0. The van der Waals surface area contributed by atoms with Gasteiger partial charge in [-0.2, -0.15) is 0 Å². The molecule has 0 aliphatic heterocycles. The lowest BCUT2D eigenvalue weighted by Gasteiger charge is -2.61.